The second-order valence-electron chi connectivity index (χ2n) is 6.35. The molecule has 2 aromatic rings. The first-order chi connectivity index (χ1) is 19.3. The number of halogens is 12. The molecule has 14 nitrogen and oxygen atoms in total. The number of nitrogens with one attached hydrogen (secondary N) is 2. The van der Waals surface area contributed by atoms with Gasteiger partial charge in [-0.05, 0) is 0 Å². The van der Waals surface area contributed by atoms with E-state index < -0.39 is 70.4 Å². The van der Waals surface area contributed by atoms with Crippen LogP contribution in [0, 0.1) is 0 Å². The molecule has 0 spiro atoms. The molecule has 0 fully saturated rings. The van der Waals surface area contributed by atoms with Crippen molar-refractivity contribution >= 4 is 52.5 Å². The number of sulfonamides is 4. The van der Waals surface area contributed by atoms with Gasteiger partial charge >= 0.3 is 62.1 Å². The highest BCUT2D eigenvalue weighted by Crippen LogP contribution is 2.28. The molecule has 0 amide bonds. The van der Waals surface area contributed by atoms with E-state index in [1.165, 1.54) is 0 Å². The van der Waals surface area contributed by atoms with E-state index in [9.17, 15) is 86.4 Å². The maximum absolute atomic E-state index is 11.5. The minimum Gasteiger partial charge on any atom is -0.314 e. The molecule has 0 atom stereocenters. The molecular weight excluding hydrogens is 736 g/mol. The van der Waals surface area contributed by atoms with E-state index in [0.717, 1.165) is 0 Å². The zero-order chi connectivity index (χ0) is 35.6. The van der Waals surface area contributed by atoms with Crippen LogP contribution in [0.4, 0.5) is 52.7 Å². The predicted molar refractivity (Wildman–Crippen MR) is 123 cm³/mol. The van der Waals surface area contributed by atoms with Crippen molar-refractivity contribution in [2.75, 3.05) is 0 Å². The second-order valence-corrected chi connectivity index (χ2v) is 13.6. The fourth-order valence-corrected chi connectivity index (χ4v) is 5.06. The number of imidazole rings is 2. The van der Waals surface area contributed by atoms with Gasteiger partial charge in [0.1, 0.15) is 0 Å². The standard InChI is InChI=1S/2C5H6N2.2C2HF6NO4S2/c2*1-2-7-4-3-6-5-7;2*3-1(4,5)14(10,11)9-15(12,13)2(6,7)8/h2*2-5H,1H2;2*9H. The van der Waals surface area contributed by atoms with E-state index in [2.05, 4.69) is 23.1 Å². The Morgan fingerprint density at radius 1 is 0.500 bits per heavy atom. The Kier molecular flexibility index (Phi) is 14.8. The molecule has 30 heteroatoms. The number of rotatable bonds is 6. The van der Waals surface area contributed by atoms with Gasteiger partial charge in [0.15, 0.2) is 0 Å². The minimum absolute atomic E-state index is 0.493. The van der Waals surface area contributed by atoms with E-state index in [1.54, 1.807) is 46.6 Å². The highest BCUT2D eigenvalue weighted by atomic mass is 32.3. The lowest BCUT2D eigenvalue weighted by atomic mass is 10.9. The maximum atomic E-state index is 11.5. The van der Waals surface area contributed by atoms with Crippen LogP contribution >= 0.6 is 0 Å². The zero-order valence-electron chi connectivity index (χ0n) is 20.3. The van der Waals surface area contributed by atoms with Gasteiger partial charge < -0.3 is 9.13 Å². The Morgan fingerprint density at radius 3 is 0.795 bits per heavy atom. The molecule has 0 aliphatic rings. The molecule has 2 rings (SSSR count). The van der Waals surface area contributed by atoms with Gasteiger partial charge in [-0.1, -0.05) is 21.4 Å². The average molecular weight is 751 g/mol. The molecular formula is C14H14F12N6O8S4. The summed E-state index contributed by atoms with van der Waals surface area (Å²) in [6, 6.07) is 0. The van der Waals surface area contributed by atoms with E-state index in [1.807, 2.05) is 12.4 Å². The minimum atomic E-state index is -6.60. The van der Waals surface area contributed by atoms with Crippen LogP contribution in [-0.2, 0) is 40.1 Å². The molecule has 0 bridgehead atoms. The number of hydrogen-bond acceptors (Lipinski definition) is 10. The third-order valence-corrected chi connectivity index (χ3v) is 9.08. The summed E-state index contributed by atoms with van der Waals surface area (Å²) in [7, 11) is -26.4. The van der Waals surface area contributed by atoms with Gasteiger partial charge in [0, 0.05) is 37.2 Å². The van der Waals surface area contributed by atoms with Gasteiger partial charge in [-0.25, -0.2) is 43.6 Å². The fourth-order valence-electron chi connectivity index (χ4n) is 1.23. The van der Waals surface area contributed by atoms with Crippen molar-refractivity contribution < 1.29 is 86.4 Å². The van der Waals surface area contributed by atoms with Crippen LogP contribution in [0.3, 0.4) is 0 Å². The normalized spacial score (nSPS) is 13.2. The average Bonchev–Trinajstić information content (AvgIpc) is 3.50. The first kappa shape index (κ1) is 42.9. The topological polar surface area (TPSA) is 196 Å². The summed E-state index contributed by atoms with van der Waals surface area (Å²) < 4.78 is 220. The molecule has 0 radical (unpaired) electrons. The van der Waals surface area contributed by atoms with Crippen molar-refractivity contribution in [2.45, 2.75) is 22.0 Å². The third kappa shape index (κ3) is 14.0. The number of nitrogens with zero attached hydrogens (tertiary/aromatic N) is 4. The van der Waals surface area contributed by atoms with Gasteiger partial charge in [-0.15, -0.1) is 0 Å². The summed E-state index contributed by atoms with van der Waals surface area (Å²) in [5, 5.41) is 0. The molecule has 2 N–H and O–H groups in total. The first-order valence-corrected chi connectivity index (χ1v) is 15.2. The fraction of sp³-hybridized carbons (Fsp3) is 0.286. The Labute approximate surface area is 238 Å². The van der Waals surface area contributed by atoms with Crippen LogP contribution < -0.4 is 8.25 Å². The Balaban J connectivity index is 0. The van der Waals surface area contributed by atoms with Crippen molar-refractivity contribution in [1.29, 1.82) is 0 Å². The molecule has 2 heterocycles. The smallest absolute Gasteiger partial charge is 0.314 e. The summed E-state index contributed by atoms with van der Waals surface area (Å²) in [4.78, 5) is 7.57. The lowest BCUT2D eigenvalue weighted by molar-refractivity contribution is -0.0487. The summed E-state index contributed by atoms with van der Waals surface area (Å²) in [5.41, 5.74) is -24.6. The Hall–Kier alpha value is -3.22. The van der Waals surface area contributed by atoms with Gasteiger partial charge in [-0.3, -0.25) is 0 Å². The first-order valence-electron chi connectivity index (χ1n) is 9.30. The van der Waals surface area contributed by atoms with Crippen molar-refractivity contribution in [3.63, 3.8) is 0 Å². The van der Waals surface area contributed by atoms with Gasteiger partial charge in [0.25, 0.3) is 0 Å². The molecule has 0 saturated carbocycles. The van der Waals surface area contributed by atoms with Crippen molar-refractivity contribution in [3.8, 4) is 0 Å². The van der Waals surface area contributed by atoms with Crippen LogP contribution in [0.1, 0.15) is 0 Å². The van der Waals surface area contributed by atoms with Crippen LogP contribution in [0.25, 0.3) is 12.4 Å². The van der Waals surface area contributed by atoms with Crippen molar-refractivity contribution in [3.05, 3.63) is 50.6 Å². The number of alkyl halides is 12. The summed E-state index contributed by atoms with van der Waals surface area (Å²) in [5.74, 6) is 0. The third-order valence-electron chi connectivity index (χ3n) is 3.13. The Morgan fingerprint density at radius 2 is 0.705 bits per heavy atom. The number of aromatic nitrogens is 4. The monoisotopic (exact) mass is 750 g/mol. The maximum Gasteiger partial charge on any atom is 0.512 e. The molecule has 2 aromatic heterocycles. The van der Waals surface area contributed by atoms with Crippen LogP contribution in [0.15, 0.2) is 50.6 Å². The van der Waals surface area contributed by atoms with Crippen LogP contribution in [0.2, 0.25) is 0 Å². The zero-order valence-corrected chi connectivity index (χ0v) is 23.5. The summed E-state index contributed by atoms with van der Waals surface area (Å²) in [6.45, 7) is 7.05. The van der Waals surface area contributed by atoms with E-state index in [4.69, 9.17) is 0 Å². The second kappa shape index (κ2) is 15.2. The number of hydrogen-bond donors (Lipinski definition) is 2. The molecule has 44 heavy (non-hydrogen) atoms. The van der Waals surface area contributed by atoms with Crippen molar-refractivity contribution in [2.24, 2.45) is 0 Å². The van der Waals surface area contributed by atoms with Crippen molar-refractivity contribution in [1.82, 2.24) is 27.4 Å². The van der Waals surface area contributed by atoms with E-state index in [0.29, 0.717) is 0 Å². The SMILES string of the molecule is C=Cn1ccnc1.C=Cn1ccnc1.O=S(=O)(NS(=O)(=O)C(F)(F)F)C(F)(F)F.O=S(=O)(NS(=O)(=O)C(F)(F)F)C(F)(F)F. The Bertz CT molecular complexity index is 1420. The largest absolute Gasteiger partial charge is 0.512 e. The van der Waals surface area contributed by atoms with Gasteiger partial charge in [0.05, 0.1) is 12.7 Å². The summed E-state index contributed by atoms with van der Waals surface area (Å²) in [6.07, 6.45) is 13.8. The van der Waals surface area contributed by atoms with Crippen LogP contribution in [0.5, 0.6) is 0 Å². The molecule has 256 valence electrons. The predicted octanol–water partition coefficient (Wildman–Crippen LogP) is 2.52. The van der Waals surface area contributed by atoms with Gasteiger partial charge in [0.2, 0.25) is 0 Å². The highest BCUT2D eigenvalue weighted by Gasteiger charge is 2.56. The lowest BCUT2D eigenvalue weighted by Gasteiger charge is -2.11. The lowest BCUT2D eigenvalue weighted by Crippen LogP contribution is -2.45. The molecule has 0 unspecified atom stereocenters. The summed E-state index contributed by atoms with van der Waals surface area (Å²) >= 11 is 0. The van der Waals surface area contributed by atoms with Crippen LogP contribution in [-0.4, -0.2) is 74.8 Å². The van der Waals surface area contributed by atoms with E-state index >= 15 is 0 Å². The molecule has 0 aromatic carbocycles. The highest BCUT2D eigenvalue weighted by molar-refractivity contribution is 8.06. The molecule has 0 saturated heterocycles. The molecule has 0 aliphatic carbocycles. The molecule has 0 aliphatic heterocycles. The van der Waals surface area contributed by atoms with E-state index in [-0.39, 0.29) is 0 Å². The van der Waals surface area contributed by atoms with Gasteiger partial charge in [-0.2, -0.15) is 52.7 Å². The quantitative estimate of drug-likeness (QED) is 0.414.